The quantitative estimate of drug-likeness (QED) is 0.696. The van der Waals surface area contributed by atoms with Crippen molar-refractivity contribution in [3.8, 4) is 6.07 Å². The third kappa shape index (κ3) is 3.16. The first-order valence-corrected chi connectivity index (χ1v) is 11.1. The van der Waals surface area contributed by atoms with Gasteiger partial charge in [0, 0.05) is 44.0 Å². The molecule has 1 fully saturated rings. The minimum atomic E-state index is -3.78. The normalized spacial score (nSPS) is 19.3. The number of benzene rings is 1. The van der Waals surface area contributed by atoms with Crippen LogP contribution in [0.15, 0.2) is 53.7 Å². The van der Waals surface area contributed by atoms with Crippen molar-refractivity contribution >= 4 is 26.7 Å². The van der Waals surface area contributed by atoms with Crippen LogP contribution in [0.3, 0.4) is 0 Å². The molecule has 3 aromatic rings. The Hall–Kier alpha value is -2.89. The number of aromatic nitrogens is 2. The van der Waals surface area contributed by atoms with Gasteiger partial charge in [-0.25, -0.2) is 17.4 Å². The Labute approximate surface area is 170 Å². The van der Waals surface area contributed by atoms with Gasteiger partial charge >= 0.3 is 0 Å². The molecule has 0 spiro atoms. The lowest BCUT2D eigenvalue weighted by atomic mass is 9.98. The van der Waals surface area contributed by atoms with Crippen LogP contribution in [0.25, 0.3) is 11.0 Å². The van der Waals surface area contributed by atoms with Crippen molar-refractivity contribution in [1.82, 2.24) is 14.3 Å². The zero-order valence-corrected chi connectivity index (χ0v) is 17.2. The van der Waals surface area contributed by atoms with Gasteiger partial charge in [-0.2, -0.15) is 5.26 Å². The van der Waals surface area contributed by atoms with E-state index in [1.165, 1.54) is 16.4 Å². The highest BCUT2D eigenvalue weighted by molar-refractivity contribution is 7.90. The number of nitrogens with one attached hydrogen (secondary N) is 1. The molecule has 0 amide bonds. The lowest BCUT2D eigenvalue weighted by Crippen LogP contribution is -2.38. The van der Waals surface area contributed by atoms with E-state index >= 15 is 0 Å². The van der Waals surface area contributed by atoms with Crippen LogP contribution in [0.5, 0.6) is 0 Å². The number of hydrogen-bond donors (Lipinski definition) is 1. The second-order valence-corrected chi connectivity index (χ2v) is 9.12. The molecule has 0 bridgehead atoms. The first-order chi connectivity index (χ1) is 14.0. The van der Waals surface area contributed by atoms with Crippen molar-refractivity contribution in [2.24, 2.45) is 5.92 Å². The lowest BCUT2D eigenvalue weighted by molar-refractivity contribution is 0.482. The highest BCUT2D eigenvalue weighted by atomic mass is 32.2. The average Bonchev–Trinajstić information content (AvgIpc) is 3.40. The summed E-state index contributed by atoms with van der Waals surface area (Å²) in [5.41, 5.74) is 1.50. The molecular formula is C21H23N5O2S. The third-order valence-corrected chi connectivity index (χ3v) is 7.43. The van der Waals surface area contributed by atoms with Crippen molar-refractivity contribution in [2.75, 3.05) is 25.0 Å². The fourth-order valence-electron chi connectivity index (χ4n) is 4.17. The Morgan fingerprint density at radius 3 is 2.72 bits per heavy atom. The Morgan fingerprint density at radius 2 is 2.03 bits per heavy atom. The van der Waals surface area contributed by atoms with E-state index in [0.29, 0.717) is 22.5 Å². The van der Waals surface area contributed by atoms with Gasteiger partial charge < -0.3 is 10.2 Å². The number of likely N-dealkylation sites (N-methyl/N-ethyl adjacent to an activating group) is 1. The minimum absolute atomic E-state index is 0.199. The van der Waals surface area contributed by atoms with Crippen molar-refractivity contribution < 1.29 is 8.42 Å². The summed E-state index contributed by atoms with van der Waals surface area (Å²) in [6.45, 7) is 3.92. The molecule has 1 aromatic carbocycles. The summed E-state index contributed by atoms with van der Waals surface area (Å²) in [6, 6.07) is 12.5. The molecule has 0 aliphatic carbocycles. The van der Waals surface area contributed by atoms with Gasteiger partial charge in [0.25, 0.3) is 10.0 Å². The molecule has 2 atom stereocenters. The molecule has 29 heavy (non-hydrogen) atoms. The summed E-state index contributed by atoms with van der Waals surface area (Å²) in [6.07, 6.45) is 4.01. The van der Waals surface area contributed by atoms with Crippen molar-refractivity contribution in [1.29, 1.82) is 5.26 Å². The summed E-state index contributed by atoms with van der Waals surface area (Å²) in [4.78, 5) is 6.64. The van der Waals surface area contributed by atoms with Crippen molar-refractivity contribution in [3.05, 3.63) is 54.4 Å². The van der Waals surface area contributed by atoms with E-state index in [4.69, 9.17) is 0 Å². The Kier molecular flexibility index (Phi) is 5.03. The van der Waals surface area contributed by atoms with Crippen LogP contribution in [0, 0.1) is 17.2 Å². The standard InChI is InChI=1S/C21H23N5O2S/c1-3-15-12-23-14-19(15)25(2)20-16(11-22)13-24-21-18(20)9-10-26(21)29(27,28)17-7-5-4-6-8-17/h4-10,13,15,19,23H,3,12,14H2,1-2H3. The number of fused-ring (bicyclic) bond motifs is 1. The topological polar surface area (TPSA) is 91.0 Å². The van der Waals surface area contributed by atoms with Crippen LogP contribution in [-0.2, 0) is 10.0 Å². The van der Waals surface area contributed by atoms with Crippen LogP contribution in [0.2, 0.25) is 0 Å². The molecule has 1 aliphatic rings. The van der Waals surface area contributed by atoms with Gasteiger partial charge in [0.15, 0.2) is 5.65 Å². The summed E-state index contributed by atoms with van der Waals surface area (Å²) in [5, 5.41) is 13.8. The van der Waals surface area contributed by atoms with Crippen LogP contribution < -0.4 is 10.2 Å². The predicted molar refractivity (Wildman–Crippen MR) is 112 cm³/mol. The second kappa shape index (κ2) is 7.50. The van der Waals surface area contributed by atoms with Crippen LogP contribution in [-0.4, -0.2) is 43.6 Å². The number of nitrogens with zero attached hydrogens (tertiary/aromatic N) is 4. The molecule has 150 valence electrons. The monoisotopic (exact) mass is 409 g/mol. The van der Waals surface area contributed by atoms with E-state index < -0.39 is 10.0 Å². The molecule has 0 saturated carbocycles. The first-order valence-electron chi connectivity index (χ1n) is 9.63. The molecule has 1 N–H and O–H groups in total. The molecule has 1 aliphatic heterocycles. The lowest BCUT2D eigenvalue weighted by Gasteiger charge is -2.31. The van der Waals surface area contributed by atoms with E-state index in [1.54, 1.807) is 36.4 Å². The summed E-state index contributed by atoms with van der Waals surface area (Å²) in [5.74, 6) is 0.463. The number of pyridine rings is 1. The van der Waals surface area contributed by atoms with Crippen molar-refractivity contribution in [3.63, 3.8) is 0 Å². The highest BCUT2D eigenvalue weighted by Crippen LogP contribution is 2.34. The Morgan fingerprint density at radius 1 is 1.28 bits per heavy atom. The summed E-state index contributed by atoms with van der Waals surface area (Å²) in [7, 11) is -1.81. The molecule has 0 radical (unpaired) electrons. The van der Waals surface area contributed by atoms with Gasteiger partial charge in [0.05, 0.1) is 16.1 Å². The maximum atomic E-state index is 13.1. The van der Waals surface area contributed by atoms with Gasteiger partial charge in [-0.05, 0) is 24.1 Å². The molecule has 8 heteroatoms. The molecule has 2 aromatic heterocycles. The third-order valence-electron chi connectivity index (χ3n) is 5.75. The summed E-state index contributed by atoms with van der Waals surface area (Å²) >= 11 is 0. The molecule has 2 unspecified atom stereocenters. The molecule has 3 heterocycles. The maximum Gasteiger partial charge on any atom is 0.269 e. The predicted octanol–water partition coefficient (Wildman–Crippen LogP) is 2.58. The number of hydrogen-bond acceptors (Lipinski definition) is 6. The van der Waals surface area contributed by atoms with E-state index in [9.17, 15) is 13.7 Å². The fourth-order valence-corrected chi connectivity index (χ4v) is 5.49. The van der Waals surface area contributed by atoms with Gasteiger partial charge in [-0.3, -0.25) is 0 Å². The van der Waals surface area contributed by atoms with Crippen LogP contribution in [0.4, 0.5) is 5.69 Å². The van der Waals surface area contributed by atoms with Crippen LogP contribution in [0.1, 0.15) is 18.9 Å². The van der Waals surface area contributed by atoms with Crippen molar-refractivity contribution in [2.45, 2.75) is 24.3 Å². The fraction of sp³-hybridized carbons (Fsp3) is 0.333. The zero-order chi connectivity index (χ0) is 20.6. The number of rotatable bonds is 5. The van der Waals surface area contributed by atoms with Gasteiger partial charge in [0.2, 0.25) is 0 Å². The largest absolute Gasteiger partial charge is 0.368 e. The SMILES string of the molecule is CCC1CNCC1N(C)c1c(C#N)cnc2c1ccn2S(=O)(=O)c1ccccc1. The number of anilines is 1. The average molecular weight is 410 g/mol. The highest BCUT2D eigenvalue weighted by Gasteiger charge is 2.32. The minimum Gasteiger partial charge on any atom is -0.368 e. The van der Waals surface area contributed by atoms with Gasteiger partial charge in [0.1, 0.15) is 6.07 Å². The molecule has 4 rings (SSSR count). The van der Waals surface area contributed by atoms with E-state index in [1.807, 2.05) is 7.05 Å². The Bertz CT molecular complexity index is 1180. The van der Waals surface area contributed by atoms with E-state index in [2.05, 4.69) is 28.2 Å². The maximum absolute atomic E-state index is 13.1. The van der Waals surface area contributed by atoms with E-state index in [0.717, 1.165) is 25.2 Å². The summed E-state index contributed by atoms with van der Waals surface area (Å²) < 4.78 is 27.5. The van der Waals surface area contributed by atoms with Crippen LogP contribution >= 0.6 is 0 Å². The van der Waals surface area contributed by atoms with E-state index in [-0.39, 0.29) is 10.9 Å². The molecule has 1 saturated heterocycles. The number of nitriles is 1. The zero-order valence-electron chi connectivity index (χ0n) is 16.4. The first kappa shape index (κ1) is 19.4. The molecule has 7 nitrogen and oxygen atoms in total. The smallest absolute Gasteiger partial charge is 0.269 e. The van der Waals surface area contributed by atoms with Gasteiger partial charge in [-0.15, -0.1) is 0 Å². The van der Waals surface area contributed by atoms with Gasteiger partial charge in [-0.1, -0.05) is 31.5 Å². The second-order valence-electron chi connectivity index (χ2n) is 7.30. The molecular weight excluding hydrogens is 386 g/mol. The Balaban J connectivity index is 1.88.